The third kappa shape index (κ3) is 3.18. The van der Waals surface area contributed by atoms with Crippen molar-refractivity contribution in [2.45, 2.75) is 6.54 Å². The van der Waals surface area contributed by atoms with Gasteiger partial charge in [-0.1, -0.05) is 11.6 Å². The Morgan fingerprint density at radius 1 is 1.50 bits per heavy atom. The lowest BCUT2D eigenvalue weighted by Crippen LogP contribution is -2.23. The predicted octanol–water partition coefficient (Wildman–Crippen LogP) is 2.16. The lowest BCUT2D eigenvalue weighted by molar-refractivity contribution is 0.0950. The average molecular weight is 283 g/mol. The molecule has 2 aromatic rings. The molecule has 0 fully saturated rings. The first-order valence-corrected chi connectivity index (χ1v) is 6.51. The maximum absolute atomic E-state index is 11.9. The summed E-state index contributed by atoms with van der Waals surface area (Å²) in [5, 5.41) is 7.78. The van der Waals surface area contributed by atoms with Crippen molar-refractivity contribution < 1.29 is 4.79 Å². The molecule has 2 aromatic heterocycles. The van der Waals surface area contributed by atoms with Crippen molar-refractivity contribution >= 4 is 34.7 Å². The maximum atomic E-state index is 11.9. The molecule has 0 unspecified atom stereocenters. The van der Waals surface area contributed by atoms with Gasteiger partial charge < -0.3 is 10.6 Å². The summed E-state index contributed by atoms with van der Waals surface area (Å²) in [7, 11) is 1.72. The number of anilines is 1. The van der Waals surface area contributed by atoms with Gasteiger partial charge in [-0.15, -0.1) is 11.3 Å². The molecular weight excluding hydrogens is 272 g/mol. The van der Waals surface area contributed by atoms with E-state index in [4.69, 9.17) is 11.6 Å². The second-order valence-corrected chi connectivity index (χ2v) is 4.58. The first-order valence-electron chi connectivity index (χ1n) is 5.19. The van der Waals surface area contributed by atoms with Gasteiger partial charge in [0.05, 0.1) is 17.7 Å². The van der Waals surface area contributed by atoms with E-state index in [0.29, 0.717) is 17.9 Å². The van der Waals surface area contributed by atoms with Crippen LogP contribution in [0.5, 0.6) is 0 Å². The van der Waals surface area contributed by atoms with Crippen LogP contribution in [0.1, 0.15) is 16.1 Å². The Morgan fingerprint density at radius 2 is 2.33 bits per heavy atom. The summed E-state index contributed by atoms with van der Waals surface area (Å²) in [6.45, 7) is 0.400. The number of aromatic nitrogens is 2. The maximum Gasteiger partial charge on any atom is 0.251 e. The van der Waals surface area contributed by atoms with E-state index in [-0.39, 0.29) is 11.1 Å². The number of carbonyl (C=O) groups excluding carboxylic acids is 1. The molecule has 0 spiro atoms. The second kappa shape index (κ2) is 5.79. The Morgan fingerprint density at radius 3 is 3.00 bits per heavy atom. The van der Waals surface area contributed by atoms with Crippen molar-refractivity contribution in [3.63, 3.8) is 0 Å². The summed E-state index contributed by atoms with van der Waals surface area (Å²) in [4.78, 5) is 20.0. The van der Waals surface area contributed by atoms with Gasteiger partial charge in [-0.25, -0.2) is 9.97 Å². The van der Waals surface area contributed by atoms with Crippen LogP contribution in [-0.4, -0.2) is 22.9 Å². The molecule has 94 valence electrons. The van der Waals surface area contributed by atoms with E-state index in [0.717, 1.165) is 5.69 Å². The van der Waals surface area contributed by atoms with E-state index >= 15 is 0 Å². The van der Waals surface area contributed by atoms with Gasteiger partial charge in [0.1, 0.15) is 11.0 Å². The highest BCUT2D eigenvalue weighted by Gasteiger charge is 2.09. The van der Waals surface area contributed by atoms with Crippen LogP contribution in [0.25, 0.3) is 0 Å². The molecule has 5 nitrogen and oxygen atoms in total. The zero-order chi connectivity index (χ0) is 13.0. The number of nitrogens with zero attached hydrogens (tertiary/aromatic N) is 2. The van der Waals surface area contributed by atoms with Crippen LogP contribution in [0.15, 0.2) is 23.0 Å². The lowest BCUT2D eigenvalue weighted by atomic mass is 10.2. The Hall–Kier alpha value is -1.66. The van der Waals surface area contributed by atoms with E-state index in [2.05, 4.69) is 20.6 Å². The summed E-state index contributed by atoms with van der Waals surface area (Å²) in [6, 6.07) is 3.17. The average Bonchev–Trinajstić information content (AvgIpc) is 2.88. The number of hydrogen-bond acceptors (Lipinski definition) is 5. The molecule has 0 atom stereocenters. The number of amides is 1. The zero-order valence-electron chi connectivity index (χ0n) is 9.61. The predicted molar refractivity (Wildman–Crippen MR) is 72.1 cm³/mol. The fraction of sp³-hybridized carbons (Fsp3) is 0.182. The highest BCUT2D eigenvalue weighted by atomic mass is 35.5. The Kier molecular flexibility index (Phi) is 4.11. The summed E-state index contributed by atoms with van der Waals surface area (Å²) in [6.07, 6.45) is 0. The van der Waals surface area contributed by atoms with Gasteiger partial charge in [0.2, 0.25) is 0 Å². The zero-order valence-corrected chi connectivity index (χ0v) is 11.2. The minimum atomic E-state index is -0.205. The van der Waals surface area contributed by atoms with E-state index in [9.17, 15) is 4.79 Å². The monoisotopic (exact) mass is 282 g/mol. The summed E-state index contributed by atoms with van der Waals surface area (Å²) >= 11 is 7.32. The molecule has 7 heteroatoms. The van der Waals surface area contributed by atoms with E-state index < -0.39 is 0 Å². The van der Waals surface area contributed by atoms with Crippen LogP contribution < -0.4 is 10.6 Å². The molecule has 0 saturated heterocycles. The molecule has 2 heterocycles. The molecule has 0 bridgehead atoms. The van der Waals surface area contributed by atoms with Crippen LogP contribution in [0.4, 0.5) is 5.82 Å². The molecule has 0 aliphatic carbocycles. The highest BCUT2D eigenvalue weighted by Crippen LogP contribution is 2.14. The van der Waals surface area contributed by atoms with Gasteiger partial charge in [-0.2, -0.15) is 0 Å². The smallest absolute Gasteiger partial charge is 0.251 e. The molecular formula is C11H11ClN4OS. The van der Waals surface area contributed by atoms with Gasteiger partial charge >= 0.3 is 0 Å². The molecule has 0 aromatic carbocycles. The third-order valence-corrected chi connectivity index (χ3v) is 3.05. The van der Waals surface area contributed by atoms with Gasteiger partial charge in [-0.05, 0) is 12.1 Å². The van der Waals surface area contributed by atoms with E-state index in [1.54, 1.807) is 18.6 Å². The summed E-state index contributed by atoms with van der Waals surface area (Å²) in [5.41, 5.74) is 3.03. The van der Waals surface area contributed by atoms with Crippen molar-refractivity contribution in [2.75, 3.05) is 12.4 Å². The second-order valence-electron chi connectivity index (χ2n) is 3.48. The first kappa shape index (κ1) is 12.8. The number of hydrogen-bond donors (Lipinski definition) is 2. The minimum absolute atomic E-state index is 0.205. The molecule has 18 heavy (non-hydrogen) atoms. The molecule has 2 N–H and O–H groups in total. The molecule has 0 saturated carbocycles. The Balaban J connectivity index is 2.06. The Labute approximate surface area is 113 Å². The number of nitrogens with one attached hydrogen (secondary N) is 2. The third-order valence-electron chi connectivity index (χ3n) is 2.23. The van der Waals surface area contributed by atoms with Crippen molar-refractivity contribution in [1.82, 2.24) is 15.3 Å². The molecule has 0 aliphatic rings. The summed E-state index contributed by atoms with van der Waals surface area (Å²) < 4.78 is 0. The van der Waals surface area contributed by atoms with E-state index in [1.165, 1.54) is 17.4 Å². The number of carbonyl (C=O) groups is 1. The summed E-state index contributed by atoms with van der Waals surface area (Å²) in [5.74, 6) is 0.352. The lowest BCUT2D eigenvalue weighted by Gasteiger charge is -2.06. The molecule has 0 aliphatic heterocycles. The topological polar surface area (TPSA) is 66.9 Å². The van der Waals surface area contributed by atoms with Gasteiger partial charge in [0.25, 0.3) is 5.91 Å². The quantitative estimate of drug-likeness (QED) is 0.844. The van der Waals surface area contributed by atoms with Gasteiger partial charge in [-0.3, -0.25) is 4.79 Å². The van der Waals surface area contributed by atoms with Gasteiger partial charge in [0.15, 0.2) is 0 Å². The first-order chi connectivity index (χ1) is 8.69. The molecule has 1 amide bonds. The fourth-order valence-electron chi connectivity index (χ4n) is 1.35. The van der Waals surface area contributed by atoms with Crippen LogP contribution >= 0.6 is 22.9 Å². The normalized spacial score (nSPS) is 10.1. The number of thiazole rings is 1. The largest absolute Gasteiger partial charge is 0.373 e. The van der Waals surface area contributed by atoms with Crippen molar-refractivity contribution in [1.29, 1.82) is 0 Å². The van der Waals surface area contributed by atoms with Crippen LogP contribution in [0.2, 0.25) is 5.15 Å². The van der Waals surface area contributed by atoms with Crippen molar-refractivity contribution in [2.24, 2.45) is 0 Å². The Bertz CT molecular complexity index is 544. The van der Waals surface area contributed by atoms with Crippen LogP contribution in [-0.2, 0) is 6.54 Å². The van der Waals surface area contributed by atoms with Crippen molar-refractivity contribution in [3.8, 4) is 0 Å². The van der Waals surface area contributed by atoms with Gasteiger partial charge in [0, 0.05) is 18.0 Å². The fourth-order valence-corrected chi connectivity index (χ4v) is 2.12. The minimum Gasteiger partial charge on any atom is -0.373 e. The highest BCUT2D eigenvalue weighted by molar-refractivity contribution is 7.07. The number of pyridine rings is 1. The van der Waals surface area contributed by atoms with Crippen LogP contribution in [0.3, 0.4) is 0 Å². The molecule has 2 rings (SSSR count). The SMILES string of the molecule is CNc1cc(C(=O)NCc2cscn2)cc(Cl)n1. The molecule has 0 radical (unpaired) electrons. The van der Waals surface area contributed by atoms with Crippen molar-refractivity contribution in [3.05, 3.63) is 39.4 Å². The number of halogens is 1. The van der Waals surface area contributed by atoms with E-state index in [1.807, 2.05) is 5.38 Å². The standard InChI is InChI=1S/C11H11ClN4OS/c1-13-10-3-7(2-9(12)16-10)11(17)14-4-8-5-18-6-15-8/h2-3,5-6H,4H2,1H3,(H,13,16)(H,14,17). The van der Waals surface area contributed by atoms with Crippen LogP contribution in [0, 0.1) is 0 Å². The number of rotatable bonds is 4.